The lowest BCUT2D eigenvalue weighted by Crippen LogP contribution is -2.42. The Kier molecular flexibility index (Phi) is 6.20. The molecule has 0 aromatic heterocycles. The first kappa shape index (κ1) is 19.1. The molecule has 1 aromatic rings. The Balaban J connectivity index is 2.32. The Morgan fingerprint density at radius 1 is 1.33 bits per heavy atom. The maximum atomic E-state index is 11.4. The highest BCUT2D eigenvalue weighted by molar-refractivity contribution is 8.02. The third-order valence-electron chi connectivity index (χ3n) is 3.40. The molecule has 2 rings (SSSR count). The summed E-state index contributed by atoms with van der Waals surface area (Å²) in [6.45, 7) is 4.30. The Bertz CT molecular complexity index is 686. The van der Waals surface area contributed by atoms with Crippen molar-refractivity contribution in [2.24, 2.45) is 10.9 Å². The van der Waals surface area contributed by atoms with Gasteiger partial charge in [-0.2, -0.15) is 0 Å². The minimum atomic E-state index is -0.476. The molecule has 8 heteroatoms. The van der Waals surface area contributed by atoms with Crippen molar-refractivity contribution in [3.05, 3.63) is 39.0 Å². The van der Waals surface area contributed by atoms with E-state index >= 15 is 0 Å². The lowest BCUT2D eigenvalue weighted by Gasteiger charge is -2.27. The van der Waals surface area contributed by atoms with Crippen LogP contribution in [0.3, 0.4) is 0 Å². The molecule has 1 heterocycles. The first-order chi connectivity index (χ1) is 11.2. The van der Waals surface area contributed by atoms with Gasteiger partial charge in [-0.05, 0) is 30.0 Å². The number of thioether (sulfide) groups is 1. The number of nitrogens with zero attached hydrogens (tertiary/aromatic N) is 2. The molecule has 1 aliphatic rings. The Hall–Kier alpha value is -1.21. The Morgan fingerprint density at radius 2 is 1.96 bits per heavy atom. The van der Waals surface area contributed by atoms with Crippen LogP contribution in [0, 0.1) is 5.92 Å². The van der Waals surface area contributed by atoms with Crippen molar-refractivity contribution >= 4 is 47.4 Å². The van der Waals surface area contributed by atoms with Crippen molar-refractivity contribution in [3.63, 3.8) is 0 Å². The molecule has 1 unspecified atom stereocenters. The average Bonchev–Trinajstić information content (AvgIpc) is 2.81. The van der Waals surface area contributed by atoms with Gasteiger partial charge in [-0.3, -0.25) is 0 Å². The monoisotopic (exact) mass is 388 g/mol. The second kappa shape index (κ2) is 7.78. The first-order valence-electron chi connectivity index (χ1n) is 7.39. The first-order valence-corrected chi connectivity index (χ1v) is 8.96. The van der Waals surface area contributed by atoms with E-state index in [0.29, 0.717) is 10.0 Å². The fourth-order valence-electron chi connectivity index (χ4n) is 2.17. The van der Waals surface area contributed by atoms with E-state index in [4.69, 9.17) is 27.9 Å². The summed E-state index contributed by atoms with van der Waals surface area (Å²) < 4.78 is 5.53. The molecule has 1 aromatic carbocycles. The van der Waals surface area contributed by atoms with Gasteiger partial charge in [-0.15, -0.1) is 0 Å². The summed E-state index contributed by atoms with van der Waals surface area (Å²) in [4.78, 5) is 16.9. The van der Waals surface area contributed by atoms with Crippen molar-refractivity contribution in [2.45, 2.75) is 18.7 Å². The van der Waals surface area contributed by atoms with E-state index < -0.39 is 6.09 Å². The molecule has 0 saturated heterocycles. The zero-order valence-corrected chi connectivity index (χ0v) is 16.3. The molecule has 24 heavy (non-hydrogen) atoms. The third-order valence-corrected chi connectivity index (χ3v) is 5.13. The number of carbonyl (C=O) groups is 1. The molecule has 0 spiro atoms. The number of halogens is 2. The number of alkyl carbamates (subject to hydrolysis) is 1. The van der Waals surface area contributed by atoms with Crippen molar-refractivity contribution in [3.8, 4) is 0 Å². The summed E-state index contributed by atoms with van der Waals surface area (Å²) in [5.74, 6) is 0.235. The third kappa shape index (κ3) is 4.45. The van der Waals surface area contributed by atoms with Gasteiger partial charge in [0.1, 0.15) is 5.70 Å². The second-order valence-corrected chi connectivity index (χ2v) is 7.81. The highest BCUT2D eigenvalue weighted by Crippen LogP contribution is 2.41. The van der Waals surface area contributed by atoms with E-state index in [-0.39, 0.29) is 17.1 Å². The minimum Gasteiger partial charge on any atom is -0.398 e. The summed E-state index contributed by atoms with van der Waals surface area (Å²) in [7, 11) is 3.47. The van der Waals surface area contributed by atoms with Crippen molar-refractivity contribution in [1.29, 1.82) is 0 Å². The molecule has 1 atom stereocenters. The van der Waals surface area contributed by atoms with Gasteiger partial charge < -0.3 is 10.1 Å². The molecule has 1 amide bonds. The van der Waals surface area contributed by atoms with Crippen LogP contribution in [-0.2, 0) is 4.74 Å². The van der Waals surface area contributed by atoms with Crippen molar-refractivity contribution in [2.75, 3.05) is 20.8 Å². The number of amides is 1. The van der Waals surface area contributed by atoms with Crippen molar-refractivity contribution < 1.29 is 14.0 Å². The summed E-state index contributed by atoms with van der Waals surface area (Å²) >= 11 is 13.7. The van der Waals surface area contributed by atoms with Crippen LogP contribution >= 0.6 is 35.0 Å². The number of allylic oxidation sites excluding steroid dienone is 1. The van der Waals surface area contributed by atoms with Gasteiger partial charge in [0, 0.05) is 27.9 Å². The summed E-state index contributed by atoms with van der Waals surface area (Å²) in [6, 6.07) is 5.40. The van der Waals surface area contributed by atoms with E-state index in [2.05, 4.69) is 24.2 Å². The molecule has 1 aliphatic heterocycles. The number of hydrogen-bond donors (Lipinski definition) is 1. The van der Waals surface area contributed by atoms with Crippen LogP contribution in [0.25, 0.3) is 0 Å². The SMILES string of the molecule is CNC(=O)OC[N+]1(C)C=NC(C(C)C)=C1Sc1cc(Cl)cc(Cl)c1. The van der Waals surface area contributed by atoms with Crippen LogP contribution in [0.15, 0.2) is 38.8 Å². The second-order valence-electron chi connectivity index (χ2n) is 5.88. The van der Waals surface area contributed by atoms with Gasteiger partial charge in [-0.1, -0.05) is 37.0 Å². The van der Waals surface area contributed by atoms with Gasteiger partial charge in [0.15, 0.2) is 6.34 Å². The zero-order valence-electron chi connectivity index (χ0n) is 14.0. The van der Waals surface area contributed by atoms with Crippen LogP contribution in [0.4, 0.5) is 4.79 Å². The van der Waals surface area contributed by atoms with Crippen molar-refractivity contribution in [1.82, 2.24) is 5.32 Å². The predicted molar refractivity (Wildman–Crippen MR) is 99.3 cm³/mol. The molecular formula is C16H20Cl2N3O2S+. The fourth-order valence-corrected chi connectivity index (χ4v) is 4.12. The summed E-state index contributed by atoms with van der Waals surface area (Å²) in [5.41, 5.74) is 0.958. The fraction of sp³-hybridized carbons (Fsp3) is 0.375. The van der Waals surface area contributed by atoms with Gasteiger partial charge in [0.05, 0.1) is 7.05 Å². The van der Waals surface area contributed by atoms with Crippen LogP contribution < -0.4 is 5.32 Å². The highest BCUT2D eigenvalue weighted by Gasteiger charge is 2.38. The quantitative estimate of drug-likeness (QED) is 0.742. The van der Waals surface area contributed by atoms with Gasteiger partial charge >= 0.3 is 6.09 Å². The summed E-state index contributed by atoms with van der Waals surface area (Å²) in [6.07, 6.45) is 1.31. The molecule has 0 aliphatic carbocycles. The topological polar surface area (TPSA) is 50.7 Å². The van der Waals surface area contributed by atoms with Crippen LogP contribution in [0.1, 0.15) is 13.8 Å². The zero-order chi connectivity index (χ0) is 17.9. The number of rotatable bonds is 5. The summed E-state index contributed by atoms with van der Waals surface area (Å²) in [5, 5.41) is 4.58. The van der Waals surface area contributed by atoms with Gasteiger partial charge in [0.25, 0.3) is 0 Å². The molecule has 0 saturated carbocycles. The van der Waals surface area contributed by atoms with E-state index in [9.17, 15) is 4.79 Å². The van der Waals surface area contributed by atoms with E-state index in [0.717, 1.165) is 15.6 Å². The van der Waals surface area contributed by atoms with Gasteiger partial charge in [-0.25, -0.2) is 14.3 Å². The molecule has 0 bridgehead atoms. The smallest absolute Gasteiger partial charge is 0.398 e. The molecule has 0 radical (unpaired) electrons. The lowest BCUT2D eigenvalue weighted by molar-refractivity contribution is -0.784. The Labute approximate surface area is 156 Å². The molecule has 1 N–H and O–H groups in total. The maximum absolute atomic E-state index is 11.4. The van der Waals surface area contributed by atoms with Crippen LogP contribution in [0.5, 0.6) is 0 Å². The number of carbonyl (C=O) groups excluding carboxylic acids is 1. The minimum absolute atomic E-state index is 0.149. The van der Waals surface area contributed by atoms with Crippen LogP contribution in [-0.4, -0.2) is 37.7 Å². The number of quaternary nitrogens is 1. The number of nitrogens with one attached hydrogen (secondary N) is 1. The predicted octanol–water partition coefficient (Wildman–Crippen LogP) is 4.71. The van der Waals surface area contributed by atoms with Gasteiger partial charge in [0.2, 0.25) is 11.8 Å². The standard InChI is InChI=1S/C16H19Cl2N3O2S/c1-10(2)14-15(24-13-6-11(17)5-12(18)7-13)21(4,8-20-14)9-23-16(22)19-3/h5-8,10H,9H2,1-4H3/p+1. The molecule has 130 valence electrons. The average molecular weight is 389 g/mol. The molecule has 0 fully saturated rings. The molecule has 5 nitrogen and oxygen atoms in total. The lowest BCUT2D eigenvalue weighted by atomic mass is 10.1. The number of aliphatic imine (C=N–C) groups is 1. The Morgan fingerprint density at radius 3 is 2.50 bits per heavy atom. The maximum Gasteiger partial charge on any atom is 0.411 e. The van der Waals surface area contributed by atoms with E-state index in [1.54, 1.807) is 12.4 Å². The molecular weight excluding hydrogens is 369 g/mol. The van der Waals surface area contributed by atoms with E-state index in [1.807, 2.05) is 19.2 Å². The van der Waals surface area contributed by atoms with E-state index in [1.165, 1.54) is 18.8 Å². The number of benzene rings is 1. The normalized spacial score (nSPS) is 20.0. The number of ether oxygens (including phenoxy) is 1. The highest BCUT2D eigenvalue weighted by atomic mass is 35.5. The largest absolute Gasteiger partial charge is 0.411 e. The number of hydrogen-bond acceptors (Lipinski definition) is 4. The van der Waals surface area contributed by atoms with Crippen LogP contribution in [0.2, 0.25) is 10.0 Å².